The molecule has 0 bridgehead atoms. The van der Waals surface area contributed by atoms with Gasteiger partial charge in [0.05, 0.1) is 25.0 Å². The highest BCUT2D eigenvalue weighted by Crippen LogP contribution is 2.38. The van der Waals surface area contributed by atoms with Gasteiger partial charge in [-0.15, -0.1) is 0 Å². The lowest BCUT2D eigenvalue weighted by molar-refractivity contribution is 0.00143. The molecule has 5 heteroatoms. The van der Waals surface area contributed by atoms with Crippen molar-refractivity contribution in [2.24, 2.45) is 0 Å². The zero-order chi connectivity index (χ0) is 22.5. The molecule has 3 aromatic rings. The summed E-state index contributed by atoms with van der Waals surface area (Å²) < 4.78 is 39.9. The molecule has 2 unspecified atom stereocenters. The summed E-state index contributed by atoms with van der Waals surface area (Å²) >= 11 is 0. The molecule has 2 atom stereocenters. The SMILES string of the molecule is CCCc1ccc(-c2ccc(C3CCC(c4ccc(OCC)c(F)c4F)CO3)cn2)cc1. The molecule has 0 N–H and O–H groups in total. The van der Waals surface area contributed by atoms with Gasteiger partial charge < -0.3 is 9.47 Å². The van der Waals surface area contributed by atoms with Gasteiger partial charge in [0, 0.05) is 17.7 Å². The average molecular weight is 438 g/mol. The number of benzene rings is 2. The number of hydrogen-bond acceptors (Lipinski definition) is 3. The van der Waals surface area contributed by atoms with E-state index in [1.807, 2.05) is 18.3 Å². The Morgan fingerprint density at radius 2 is 1.78 bits per heavy atom. The van der Waals surface area contributed by atoms with Crippen molar-refractivity contribution in [1.29, 1.82) is 0 Å². The smallest absolute Gasteiger partial charge is 0.200 e. The van der Waals surface area contributed by atoms with Crippen LogP contribution in [0.4, 0.5) is 8.78 Å². The minimum absolute atomic E-state index is 0.0467. The second-order valence-corrected chi connectivity index (χ2v) is 8.23. The lowest BCUT2D eigenvalue weighted by atomic mass is 9.89. The molecule has 1 fully saturated rings. The van der Waals surface area contributed by atoms with Gasteiger partial charge in [-0.1, -0.05) is 49.7 Å². The van der Waals surface area contributed by atoms with E-state index in [2.05, 4.69) is 36.2 Å². The second-order valence-electron chi connectivity index (χ2n) is 8.23. The number of ether oxygens (including phenoxy) is 2. The molecular weight excluding hydrogens is 408 g/mol. The summed E-state index contributed by atoms with van der Waals surface area (Å²) in [5.74, 6) is -1.98. The van der Waals surface area contributed by atoms with Crippen LogP contribution in [0.3, 0.4) is 0 Å². The molecule has 2 aromatic carbocycles. The van der Waals surface area contributed by atoms with Crippen LogP contribution < -0.4 is 4.74 Å². The molecule has 4 rings (SSSR count). The third kappa shape index (κ3) is 4.83. The monoisotopic (exact) mass is 437 g/mol. The Morgan fingerprint density at radius 3 is 2.41 bits per heavy atom. The van der Waals surface area contributed by atoms with E-state index in [0.717, 1.165) is 42.5 Å². The van der Waals surface area contributed by atoms with Gasteiger partial charge in [-0.05, 0) is 55.0 Å². The van der Waals surface area contributed by atoms with Crippen LogP contribution in [0.5, 0.6) is 5.75 Å². The topological polar surface area (TPSA) is 31.4 Å². The lowest BCUT2D eigenvalue weighted by Gasteiger charge is -2.30. The Bertz CT molecular complexity index is 1030. The molecule has 1 aliphatic rings. The normalized spacial score (nSPS) is 18.5. The molecule has 0 radical (unpaired) electrons. The first-order valence-corrected chi connectivity index (χ1v) is 11.4. The quantitative estimate of drug-likeness (QED) is 0.398. The summed E-state index contributed by atoms with van der Waals surface area (Å²) in [5, 5.41) is 0. The zero-order valence-electron chi connectivity index (χ0n) is 18.6. The fourth-order valence-corrected chi connectivity index (χ4v) is 4.29. The van der Waals surface area contributed by atoms with Gasteiger partial charge >= 0.3 is 0 Å². The van der Waals surface area contributed by atoms with Crippen LogP contribution in [-0.4, -0.2) is 18.2 Å². The number of hydrogen-bond donors (Lipinski definition) is 0. The summed E-state index contributed by atoms with van der Waals surface area (Å²) in [5.41, 5.74) is 4.71. The molecule has 168 valence electrons. The van der Waals surface area contributed by atoms with Gasteiger partial charge in [-0.3, -0.25) is 4.98 Å². The van der Waals surface area contributed by atoms with Crippen molar-refractivity contribution in [2.45, 2.75) is 51.6 Å². The maximum atomic E-state index is 14.5. The lowest BCUT2D eigenvalue weighted by Crippen LogP contribution is -2.20. The molecule has 3 nitrogen and oxygen atoms in total. The molecule has 32 heavy (non-hydrogen) atoms. The molecule has 1 saturated heterocycles. The number of rotatable bonds is 7. The van der Waals surface area contributed by atoms with Crippen LogP contribution in [0, 0.1) is 11.6 Å². The Labute approximate surface area is 188 Å². The molecule has 0 amide bonds. The molecule has 0 saturated carbocycles. The average Bonchev–Trinajstić information content (AvgIpc) is 2.83. The zero-order valence-corrected chi connectivity index (χ0v) is 18.6. The van der Waals surface area contributed by atoms with E-state index >= 15 is 0 Å². The van der Waals surface area contributed by atoms with E-state index < -0.39 is 11.6 Å². The third-order valence-electron chi connectivity index (χ3n) is 6.04. The van der Waals surface area contributed by atoms with Crippen LogP contribution in [0.1, 0.15) is 61.8 Å². The van der Waals surface area contributed by atoms with Crippen LogP contribution >= 0.6 is 0 Å². The summed E-state index contributed by atoms with van der Waals surface area (Å²) in [6.07, 6.45) is 5.43. The fourth-order valence-electron chi connectivity index (χ4n) is 4.29. The van der Waals surface area contributed by atoms with Gasteiger partial charge in [-0.2, -0.15) is 4.39 Å². The Hall–Kier alpha value is -2.79. The van der Waals surface area contributed by atoms with Crippen molar-refractivity contribution in [1.82, 2.24) is 4.98 Å². The van der Waals surface area contributed by atoms with E-state index in [1.165, 1.54) is 11.6 Å². The first kappa shape index (κ1) is 22.4. The first-order valence-electron chi connectivity index (χ1n) is 11.4. The first-order chi connectivity index (χ1) is 15.6. The summed E-state index contributed by atoms with van der Waals surface area (Å²) in [6.45, 7) is 4.55. The molecule has 1 aromatic heterocycles. The number of aromatic nitrogens is 1. The number of aryl methyl sites for hydroxylation is 1. The van der Waals surface area contributed by atoms with Crippen molar-refractivity contribution < 1.29 is 18.3 Å². The third-order valence-corrected chi connectivity index (χ3v) is 6.04. The second kappa shape index (κ2) is 10.2. The predicted molar refractivity (Wildman–Crippen MR) is 122 cm³/mol. The van der Waals surface area contributed by atoms with E-state index in [9.17, 15) is 8.78 Å². The molecular formula is C27H29F2NO2. The van der Waals surface area contributed by atoms with Gasteiger partial charge in [0.1, 0.15) is 0 Å². The Balaban J connectivity index is 1.40. The van der Waals surface area contributed by atoms with Crippen LogP contribution in [0.15, 0.2) is 54.7 Å². The van der Waals surface area contributed by atoms with E-state index in [4.69, 9.17) is 9.47 Å². The molecule has 0 spiro atoms. The largest absolute Gasteiger partial charge is 0.491 e. The summed E-state index contributed by atoms with van der Waals surface area (Å²) in [7, 11) is 0. The molecule has 1 aliphatic heterocycles. The van der Waals surface area contributed by atoms with Crippen LogP contribution in [-0.2, 0) is 11.2 Å². The van der Waals surface area contributed by atoms with Crippen molar-refractivity contribution in [2.75, 3.05) is 13.2 Å². The standard InChI is InChI=1S/C27H29F2NO2/c1-3-5-18-6-8-19(9-7-18)23-13-10-20(16-30-23)24-14-11-21(17-32-24)22-12-15-25(31-4-2)27(29)26(22)28/h6-10,12-13,15-16,21,24H,3-5,11,14,17H2,1-2H3. The summed E-state index contributed by atoms with van der Waals surface area (Å²) in [4.78, 5) is 4.63. The summed E-state index contributed by atoms with van der Waals surface area (Å²) in [6, 6.07) is 15.7. The van der Waals surface area contributed by atoms with Gasteiger partial charge in [0.15, 0.2) is 11.6 Å². The van der Waals surface area contributed by atoms with E-state index in [-0.39, 0.29) is 17.8 Å². The van der Waals surface area contributed by atoms with Crippen molar-refractivity contribution >= 4 is 0 Å². The Morgan fingerprint density at radius 1 is 0.969 bits per heavy atom. The van der Waals surface area contributed by atoms with Crippen molar-refractivity contribution in [3.05, 3.63) is 83.1 Å². The van der Waals surface area contributed by atoms with Crippen LogP contribution in [0.2, 0.25) is 0 Å². The van der Waals surface area contributed by atoms with Gasteiger partial charge in [-0.25, -0.2) is 4.39 Å². The fraction of sp³-hybridized carbons (Fsp3) is 0.370. The molecule has 0 aliphatic carbocycles. The predicted octanol–water partition coefficient (Wildman–Crippen LogP) is 7.01. The van der Waals surface area contributed by atoms with Crippen molar-refractivity contribution in [3.63, 3.8) is 0 Å². The maximum Gasteiger partial charge on any atom is 0.200 e. The van der Waals surface area contributed by atoms with Gasteiger partial charge in [0.2, 0.25) is 5.82 Å². The highest BCUT2D eigenvalue weighted by Gasteiger charge is 2.28. The number of pyridine rings is 1. The van der Waals surface area contributed by atoms with E-state index in [0.29, 0.717) is 18.8 Å². The Kier molecular flexibility index (Phi) is 7.15. The van der Waals surface area contributed by atoms with Gasteiger partial charge in [0.25, 0.3) is 0 Å². The maximum absolute atomic E-state index is 14.5. The minimum Gasteiger partial charge on any atom is -0.491 e. The minimum atomic E-state index is -0.922. The number of halogens is 2. The van der Waals surface area contributed by atoms with Crippen molar-refractivity contribution in [3.8, 4) is 17.0 Å². The van der Waals surface area contributed by atoms with Crippen LogP contribution in [0.25, 0.3) is 11.3 Å². The van der Waals surface area contributed by atoms with E-state index in [1.54, 1.807) is 13.0 Å². The number of nitrogens with zero attached hydrogens (tertiary/aromatic N) is 1. The highest BCUT2D eigenvalue weighted by molar-refractivity contribution is 5.59. The molecule has 2 heterocycles. The highest BCUT2D eigenvalue weighted by atomic mass is 19.2.